The number of aromatic nitrogens is 6. The van der Waals surface area contributed by atoms with Crippen LogP contribution in [0, 0.1) is 0 Å². The number of benzene rings is 2. The topological polar surface area (TPSA) is 127 Å². The van der Waals surface area contributed by atoms with Crippen LogP contribution >= 0.6 is 0 Å². The summed E-state index contributed by atoms with van der Waals surface area (Å²) >= 11 is 0. The second kappa shape index (κ2) is 10.3. The van der Waals surface area contributed by atoms with E-state index < -0.39 is 0 Å². The van der Waals surface area contributed by atoms with Gasteiger partial charge in [-0.15, -0.1) is 10.2 Å². The van der Waals surface area contributed by atoms with Crippen molar-refractivity contribution in [3.8, 4) is 28.1 Å². The number of hydrogen-bond acceptors (Lipinski definition) is 8. The third-order valence-electron chi connectivity index (χ3n) is 6.83. The molecule has 0 spiro atoms. The minimum absolute atomic E-state index is 0.0573. The van der Waals surface area contributed by atoms with E-state index in [9.17, 15) is 9.59 Å². The Morgan fingerprint density at radius 2 is 1.82 bits per heavy atom. The largest absolute Gasteiger partial charge is 0.497 e. The molecule has 1 aliphatic rings. The number of carbonyl (C=O) groups is 1. The summed E-state index contributed by atoms with van der Waals surface area (Å²) in [5.74, 6) is 1.00. The lowest BCUT2D eigenvalue weighted by Crippen LogP contribution is -2.20. The molecule has 39 heavy (non-hydrogen) atoms. The molecule has 0 saturated carbocycles. The van der Waals surface area contributed by atoms with Crippen LogP contribution in [0.15, 0.2) is 71.8 Å². The number of fused-ring (bicyclic) bond motifs is 1. The fourth-order valence-corrected chi connectivity index (χ4v) is 4.93. The van der Waals surface area contributed by atoms with Gasteiger partial charge in [-0.05, 0) is 49.0 Å². The van der Waals surface area contributed by atoms with Gasteiger partial charge in [-0.2, -0.15) is 4.52 Å². The number of nitrogens with one attached hydrogen (secondary N) is 2. The molecule has 0 atom stereocenters. The molecule has 0 bridgehead atoms. The van der Waals surface area contributed by atoms with E-state index >= 15 is 0 Å². The first-order valence-electron chi connectivity index (χ1n) is 12.7. The molecule has 10 heteroatoms. The third kappa shape index (κ3) is 4.46. The van der Waals surface area contributed by atoms with Crippen LogP contribution in [0.5, 0.6) is 5.75 Å². The lowest BCUT2D eigenvalue weighted by molar-refractivity contribution is 0.111. The summed E-state index contributed by atoms with van der Waals surface area (Å²) < 4.78 is 6.80. The molecule has 3 aromatic heterocycles. The lowest BCUT2D eigenvalue weighted by atomic mass is 9.92. The van der Waals surface area contributed by atoms with Gasteiger partial charge in [0.15, 0.2) is 17.8 Å². The Labute approximate surface area is 223 Å². The van der Waals surface area contributed by atoms with E-state index in [0.29, 0.717) is 28.8 Å². The number of methoxy groups -OCH3 is 1. The highest BCUT2D eigenvalue weighted by Gasteiger charge is 2.25. The standard InChI is InChI=1S/C29H25N7O3/c1-39-21-14-12-19(13-15-21)24-27(32-26-22(16-37)30-17-31-34-26)33-28-23(18-8-4-2-5-9-18)25(35-36(28)29(24)38)20-10-6-3-7-11-20/h3,6-8,10-17,35H,2,4-5,9H2,1H3,(H,32,34). The molecule has 6 rings (SSSR count). The summed E-state index contributed by atoms with van der Waals surface area (Å²) in [6.07, 6.45) is 8.04. The minimum Gasteiger partial charge on any atom is -0.497 e. The number of ether oxygens (including phenoxy) is 1. The highest BCUT2D eigenvalue weighted by Crippen LogP contribution is 2.37. The Kier molecular flexibility index (Phi) is 6.42. The van der Waals surface area contributed by atoms with E-state index in [4.69, 9.17) is 9.72 Å². The van der Waals surface area contributed by atoms with Gasteiger partial charge in [0.25, 0.3) is 5.56 Å². The summed E-state index contributed by atoms with van der Waals surface area (Å²) in [6.45, 7) is 0. The van der Waals surface area contributed by atoms with Crippen LogP contribution in [0.4, 0.5) is 11.6 Å². The third-order valence-corrected chi connectivity index (χ3v) is 6.83. The first kappa shape index (κ1) is 24.2. The fourth-order valence-electron chi connectivity index (χ4n) is 4.93. The van der Waals surface area contributed by atoms with Gasteiger partial charge in [0.1, 0.15) is 23.6 Å². The number of H-pyrrole nitrogens is 1. The SMILES string of the molecule is COc1ccc(-c2c(Nc3nncnc3C=O)nc3c(C4=CCCCC4)c(-c4ccccc4)[nH]n3c2=O)cc1. The van der Waals surface area contributed by atoms with E-state index in [0.717, 1.165) is 48.1 Å². The first-order valence-corrected chi connectivity index (χ1v) is 12.7. The normalized spacial score (nSPS) is 13.2. The number of allylic oxidation sites excluding steroid dienone is 2. The summed E-state index contributed by atoms with van der Waals surface area (Å²) in [7, 11) is 1.58. The molecule has 2 aromatic carbocycles. The first-order chi connectivity index (χ1) is 19.2. The number of rotatable bonds is 7. The van der Waals surface area contributed by atoms with Crippen molar-refractivity contribution in [1.29, 1.82) is 0 Å². The molecule has 194 valence electrons. The number of carbonyl (C=O) groups excluding carboxylic acids is 1. The Morgan fingerprint density at radius 1 is 1.00 bits per heavy atom. The Balaban J connectivity index is 1.66. The van der Waals surface area contributed by atoms with Gasteiger partial charge in [-0.1, -0.05) is 48.5 Å². The van der Waals surface area contributed by atoms with E-state index in [2.05, 4.69) is 31.7 Å². The fraction of sp³-hybridized carbons (Fsp3) is 0.172. The average molecular weight is 520 g/mol. The van der Waals surface area contributed by atoms with Gasteiger partial charge in [0.05, 0.1) is 18.4 Å². The van der Waals surface area contributed by atoms with Crippen LogP contribution in [0.3, 0.4) is 0 Å². The maximum absolute atomic E-state index is 14.2. The van der Waals surface area contributed by atoms with Gasteiger partial charge in [0, 0.05) is 11.1 Å². The van der Waals surface area contributed by atoms with Gasteiger partial charge < -0.3 is 10.1 Å². The summed E-state index contributed by atoms with van der Waals surface area (Å²) in [4.78, 5) is 34.8. The van der Waals surface area contributed by atoms with Gasteiger partial charge in [-0.3, -0.25) is 14.7 Å². The van der Waals surface area contributed by atoms with Crippen LogP contribution in [0.1, 0.15) is 41.7 Å². The molecule has 3 heterocycles. The van der Waals surface area contributed by atoms with Crippen LogP contribution in [0.2, 0.25) is 0 Å². The van der Waals surface area contributed by atoms with Crippen LogP contribution in [0.25, 0.3) is 33.6 Å². The zero-order chi connectivity index (χ0) is 26.8. The summed E-state index contributed by atoms with van der Waals surface area (Å²) in [5, 5.41) is 14.3. The van der Waals surface area contributed by atoms with Crippen molar-refractivity contribution >= 4 is 29.1 Å². The molecular weight excluding hydrogens is 494 g/mol. The number of hydrogen-bond donors (Lipinski definition) is 2. The van der Waals surface area contributed by atoms with Gasteiger partial charge >= 0.3 is 0 Å². The van der Waals surface area contributed by atoms with Crippen LogP contribution in [-0.4, -0.2) is 43.2 Å². The van der Waals surface area contributed by atoms with E-state index in [-0.39, 0.29) is 22.9 Å². The molecule has 0 fully saturated rings. The Morgan fingerprint density at radius 3 is 2.54 bits per heavy atom. The summed E-state index contributed by atoms with van der Waals surface area (Å²) in [5.41, 5.74) is 4.94. The van der Waals surface area contributed by atoms with Gasteiger partial charge in [0.2, 0.25) is 0 Å². The van der Waals surface area contributed by atoms with Crippen molar-refractivity contribution in [3.63, 3.8) is 0 Å². The molecule has 2 N–H and O–H groups in total. The predicted octanol–water partition coefficient (Wildman–Crippen LogP) is 5.06. The monoisotopic (exact) mass is 519 g/mol. The number of nitrogens with zero attached hydrogens (tertiary/aromatic N) is 5. The molecule has 0 radical (unpaired) electrons. The highest BCUT2D eigenvalue weighted by atomic mass is 16.5. The minimum atomic E-state index is -0.308. The van der Waals surface area contributed by atoms with E-state index in [1.165, 1.54) is 10.8 Å². The molecule has 1 aliphatic carbocycles. The number of aldehydes is 1. The Hall–Kier alpha value is -5.12. The molecule has 0 aliphatic heterocycles. The van der Waals surface area contributed by atoms with Gasteiger partial charge in [-0.25, -0.2) is 9.97 Å². The summed E-state index contributed by atoms with van der Waals surface area (Å²) in [6, 6.07) is 17.0. The zero-order valence-corrected chi connectivity index (χ0v) is 21.2. The molecule has 0 unspecified atom stereocenters. The number of aromatic amines is 1. The average Bonchev–Trinajstić information content (AvgIpc) is 3.38. The van der Waals surface area contributed by atoms with E-state index in [1.807, 2.05) is 30.3 Å². The van der Waals surface area contributed by atoms with Crippen molar-refractivity contribution in [3.05, 3.63) is 88.6 Å². The maximum atomic E-state index is 14.2. The van der Waals surface area contributed by atoms with Crippen LogP contribution < -0.4 is 15.6 Å². The predicted molar refractivity (Wildman–Crippen MR) is 148 cm³/mol. The quantitative estimate of drug-likeness (QED) is 0.286. The van der Waals surface area contributed by atoms with Crippen molar-refractivity contribution in [1.82, 2.24) is 29.8 Å². The molecule has 5 aromatic rings. The molecular formula is C29H25N7O3. The van der Waals surface area contributed by atoms with Crippen molar-refractivity contribution in [2.75, 3.05) is 12.4 Å². The number of anilines is 2. The molecule has 0 saturated heterocycles. The van der Waals surface area contributed by atoms with Crippen molar-refractivity contribution in [2.45, 2.75) is 25.7 Å². The van der Waals surface area contributed by atoms with E-state index in [1.54, 1.807) is 31.4 Å². The highest BCUT2D eigenvalue weighted by molar-refractivity contribution is 5.90. The Bertz CT molecular complexity index is 1760. The second-order valence-electron chi connectivity index (χ2n) is 9.17. The molecule has 0 amide bonds. The van der Waals surface area contributed by atoms with Crippen molar-refractivity contribution in [2.24, 2.45) is 0 Å². The zero-order valence-electron chi connectivity index (χ0n) is 21.2. The smallest absolute Gasteiger partial charge is 0.282 e. The lowest BCUT2D eigenvalue weighted by Gasteiger charge is -2.15. The maximum Gasteiger partial charge on any atom is 0.282 e. The van der Waals surface area contributed by atoms with Crippen LogP contribution in [-0.2, 0) is 0 Å². The molecule has 10 nitrogen and oxygen atoms in total. The second-order valence-corrected chi connectivity index (χ2v) is 9.17. The van der Waals surface area contributed by atoms with Crippen molar-refractivity contribution < 1.29 is 9.53 Å².